The minimum Gasteiger partial charge on any atom is -0.388 e. The van der Waals surface area contributed by atoms with E-state index in [1.54, 1.807) is 6.92 Å². The summed E-state index contributed by atoms with van der Waals surface area (Å²) in [5, 5.41) is 9.54. The zero-order valence-corrected chi connectivity index (χ0v) is 7.47. The van der Waals surface area contributed by atoms with Gasteiger partial charge < -0.3 is 15.6 Å². The number of hydrogen-bond donors (Lipinski definition) is 2. The van der Waals surface area contributed by atoms with Crippen molar-refractivity contribution in [3.63, 3.8) is 0 Å². The third-order valence-electron chi connectivity index (χ3n) is 1.44. The first-order valence-electron chi connectivity index (χ1n) is 4.12. The molecule has 0 aliphatic rings. The molecule has 0 aliphatic carbocycles. The van der Waals surface area contributed by atoms with Crippen LogP contribution in [0.5, 0.6) is 0 Å². The average molecular weight is 161 g/mol. The monoisotopic (exact) mass is 161 g/mol. The van der Waals surface area contributed by atoms with Crippen molar-refractivity contribution in [1.82, 2.24) is 0 Å². The van der Waals surface area contributed by atoms with Gasteiger partial charge in [0.05, 0.1) is 12.2 Å². The van der Waals surface area contributed by atoms with Crippen LogP contribution in [0, 0.1) is 0 Å². The molecule has 0 bridgehead atoms. The van der Waals surface area contributed by atoms with Gasteiger partial charge in [-0.15, -0.1) is 0 Å². The summed E-state index contributed by atoms with van der Waals surface area (Å²) in [5.41, 5.74) is 4.56. The van der Waals surface area contributed by atoms with E-state index in [2.05, 4.69) is 0 Å². The largest absolute Gasteiger partial charge is 0.388 e. The van der Waals surface area contributed by atoms with Crippen molar-refractivity contribution in [3.05, 3.63) is 0 Å². The average Bonchev–Trinajstić information content (AvgIpc) is 1.87. The van der Waals surface area contributed by atoms with Crippen LogP contribution >= 0.6 is 0 Å². The Kier molecular flexibility index (Phi) is 5.46. The SMILES string of the molecule is CCCOCC(C)(O)CCN. The van der Waals surface area contributed by atoms with E-state index in [4.69, 9.17) is 10.5 Å². The summed E-state index contributed by atoms with van der Waals surface area (Å²) in [6.45, 7) is 5.38. The summed E-state index contributed by atoms with van der Waals surface area (Å²) in [6.07, 6.45) is 1.58. The number of rotatable bonds is 6. The first kappa shape index (κ1) is 10.9. The number of ether oxygens (including phenoxy) is 1. The van der Waals surface area contributed by atoms with E-state index < -0.39 is 5.60 Å². The van der Waals surface area contributed by atoms with Gasteiger partial charge in [-0.1, -0.05) is 6.92 Å². The summed E-state index contributed by atoms with van der Waals surface area (Å²) in [5.74, 6) is 0. The fourth-order valence-electron chi connectivity index (χ4n) is 0.819. The van der Waals surface area contributed by atoms with Gasteiger partial charge >= 0.3 is 0 Å². The van der Waals surface area contributed by atoms with E-state index in [1.807, 2.05) is 6.92 Å². The topological polar surface area (TPSA) is 55.5 Å². The second kappa shape index (κ2) is 5.52. The summed E-state index contributed by atoms with van der Waals surface area (Å²) < 4.78 is 5.19. The molecule has 0 saturated carbocycles. The molecule has 0 rings (SSSR count). The minimum atomic E-state index is -0.746. The second-order valence-electron chi connectivity index (χ2n) is 3.09. The van der Waals surface area contributed by atoms with Gasteiger partial charge in [-0.05, 0) is 26.3 Å². The van der Waals surface area contributed by atoms with Gasteiger partial charge in [-0.25, -0.2) is 0 Å². The van der Waals surface area contributed by atoms with E-state index in [9.17, 15) is 5.11 Å². The summed E-state index contributed by atoms with van der Waals surface area (Å²) in [6, 6.07) is 0. The highest BCUT2D eigenvalue weighted by atomic mass is 16.5. The predicted molar refractivity (Wildman–Crippen MR) is 45.4 cm³/mol. The molecule has 68 valence electrons. The molecule has 1 atom stereocenters. The molecule has 1 unspecified atom stereocenters. The fourth-order valence-corrected chi connectivity index (χ4v) is 0.819. The molecule has 0 fully saturated rings. The molecule has 0 aromatic rings. The standard InChI is InChI=1S/C8H19NO2/c1-3-6-11-7-8(2,10)4-5-9/h10H,3-7,9H2,1-2H3. The molecule has 0 radical (unpaired) electrons. The lowest BCUT2D eigenvalue weighted by atomic mass is 10.0. The highest BCUT2D eigenvalue weighted by Crippen LogP contribution is 2.07. The van der Waals surface area contributed by atoms with Gasteiger partial charge in [0.25, 0.3) is 0 Å². The smallest absolute Gasteiger partial charge is 0.0864 e. The van der Waals surface area contributed by atoms with Crippen LogP contribution in [0.1, 0.15) is 26.7 Å². The molecular weight excluding hydrogens is 142 g/mol. The van der Waals surface area contributed by atoms with Crippen molar-refractivity contribution in [2.24, 2.45) is 5.73 Å². The van der Waals surface area contributed by atoms with Crippen molar-refractivity contribution in [3.8, 4) is 0 Å². The maximum Gasteiger partial charge on any atom is 0.0864 e. The van der Waals surface area contributed by atoms with Crippen LogP contribution in [0.4, 0.5) is 0 Å². The van der Waals surface area contributed by atoms with Crippen LogP contribution in [-0.2, 0) is 4.74 Å². The number of aliphatic hydroxyl groups is 1. The molecule has 0 aliphatic heterocycles. The van der Waals surface area contributed by atoms with Crippen LogP contribution in [-0.4, -0.2) is 30.5 Å². The van der Waals surface area contributed by atoms with Crippen molar-refractivity contribution in [2.45, 2.75) is 32.3 Å². The minimum absolute atomic E-state index is 0.387. The van der Waals surface area contributed by atoms with Crippen LogP contribution < -0.4 is 5.73 Å². The lowest BCUT2D eigenvalue weighted by Crippen LogP contribution is -2.33. The van der Waals surface area contributed by atoms with Crippen molar-refractivity contribution in [2.75, 3.05) is 19.8 Å². The zero-order chi connectivity index (χ0) is 8.74. The maximum absolute atomic E-state index is 9.54. The van der Waals surface area contributed by atoms with Crippen LogP contribution in [0.3, 0.4) is 0 Å². The summed E-state index contributed by atoms with van der Waals surface area (Å²) in [7, 11) is 0. The summed E-state index contributed by atoms with van der Waals surface area (Å²) >= 11 is 0. The Morgan fingerprint density at radius 2 is 2.18 bits per heavy atom. The highest BCUT2D eigenvalue weighted by molar-refractivity contribution is 4.71. The third-order valence-corrected chi connectivity index (χ3v) is 1.44. The first-order chi connectivity index (χ1) is 5.12. The van der Waals surface area contributed by atoms with Crippen LogP contribution in [0.2, 0.25) is 0 Å². The zero-order valence-electron chi connectivity index (χ0n) is 7.47. The molecular formula is C8H19NO2. The molecule has 0 aromatic carbocycles. The van der Waals surface area contributed by atoms with E-state index in [0.717, 1.165) is 6.42 Å². The van der Waals surface area contributed by atoms with Gasteiger partial charge in [-0.3, -0.25) is 0 Å². The lowest BCUT2D eigenvalue weighted by molar-refractivity contribution is -0.0369. The lowest BCUT2D eigenvalue weighted by Gasteiger charge is -2.21. The molecule has 3 N–H and O–H groups in total. The molecule has 0 aromatic heterocycles. The predicted octanol–water partition coefficient (Wildman–Crippen LogP) is 0.513. The van der Waals surface area contributed by atoms with Crippen molar-refractivity contribution < 1.29 is 9.84 Å². The fraction of sp³-hybridized carbons (Fsp3) is 1.00. The Bertz CT molecular complexity index is 94.1. The molecule has 3 nitrogen and oxygen atoms in total. The number of nitrogens with two attached hydrogens (primary N) is 1. The molecule has 0 saturated heterocycles. The van der Waals surface area contributed by atoms with E-state index in [1.165, 1.54) is 0 Å². The van der Waals surface area contributed by atoms with Crippen molar-refractivity contribution >= 4 is 0 Å². The molecule has 11 heavy (non-hydrogen) atoms. The molecule has 0 spiro atoms. The Labute approximate surface area is 68.5 Å². The molecule has 3 heteroatoms. The molecule has 0 amide bonds. The maximum atomic E-state index is 9.54. The Balaban J connectivity index is 3.38. The second-order valence-corrected chi connectivity index (χ2v) is 3.09. The van der Waals surface area contributed by atoms with Gasteiger partial charge in [0, 0.05) is 6.61 Å². The van der Waals surface area contributed by atoms with E-state index in [-0.39, 0.29) is 0 Å². The Morgan fingerprint density at radius 3 is 2.64 bits per heavy atom. The third kappa shape index (κ3) is 6.28. The Morgan fingerprint density at radius 1 is 1.55 bits per heavy atom. The van der Waals surface area contributed by atoms with Gasteiger partial charge in [0.2, 0.25) is 0 Å². The van der Waals surface area contributed by atoms with Gasteiger partial charge in [-0.2, -0.15) is 0 Å². The normalized spacial score (nSPS) is 16.4. The molecule has 0 heterocycles. The van der Waals surface area contributed by atoms with Crippen LogP contribution in [0.15, 0.2) is 0 Å². The van der Waals surface area contributed by atoms with Gasteiger partial charge in [0.1, 0.15) is 0 Å². The van der Waals surface area contributed by atoms with Crippen LogP contribution in [0.25, 0.3) is 0 Å². The van der Waals surface area contributed by atoms with E-state index >= 15 is 0 Å². The Hall–Kier alpha value is -0.120. The quantitative estimate of drug-likeness (QED) is 0.558. The summed E-state index contributed by atoms with van der Waals surface area (Å²) in [4.78, 5) is 0. The van der Waals surface area contributed by atoms with Crippen molar-refractivity contribution in [1.29, 1.82) is 0 Å². The number of hydrogen-bond acceptors (Lipinski definition) is 3. The highest BCUT2D eigenvalue weighted by Gasteiger charge is 2.18. The first-order valence-corrected chi connectivity index (χ1v) is 4.12. The van der Waals surface area contributed by atoms with Gasteiger partial charge in [0.15, 0.2) is 0 Å². The van der Waals surface area contributed by atoms with E-state index in [0.29, 0.717) is 26.2 Å².